The third-order valence-electron chi connectivity index (χ3n) is 4.61. The number of phenolic OH excluding ortho intramolecular Hbond substituents is 1. The number of hydrogen-bond donors (Lipinski definition) is 2. The average Bonchev–Trinajstić information content (AvgIpc) is 3.02. The fourth-order valence-electron chi connectivity index (χ4n) is 3.11. The molecule has 0 aliphatic heterocycles. The van der Waals surface area contributed by atoms with Crippen molar-refractivity contribution in [3.63, 3.8) is 0 Å². The molecule has 0 atom stereocenters. The molecule has 0 unspecified atom stereocenters. The summed E-state index contributed by atoms with van der Waals surface area (Å²) in [4.78, 5) is 23.9. The number of rotatable bonds is 6. The summed E-state index contributed by atoms with van der Waals surface area (Å²) in [5.74, 6) is -0.616. The fraction of sp³-hybridized carbons (Fsp3) is 0.174. The predicted octanol–water partition coefficient (Wildman–Crippen LogP) is 3.74. The molecule has 2 N–H and O–H groups in total. The van der Waals surface area contributed by atoms with Crippen LogP contribution in [0.3, 0.4) is 0 Å². The number of aryl methyl sites for hydroxylation is 1. The van der Waals surface area contributed by atoms with E-state index in [1.807, 2.05) is 36.6 Å². The molecule has 0 fully saturated rings. The molecule has 2 aromatic carbocycles. The van der Waals surface area contributed by atoms with Crippen molar-refractivity contribution in [2.45, 2.75) is 20.8 Å². The minimum absolute atomic E-state index is 0.0952. The molecule has 3 aromatic rings. The quantitative estimate of drug-likeness (QED) is 0.371. The minimum Gasteiger partial charge on any atom is -0.508 e. The fourth-order valence-corrected chi connectivity index (χ4v) is 3.11. The first-order valence-electron chi connectivity index (χ1n) is 9.49. The SMILES string of the molecule is CCOC(=O)c1ccc(-n2c(C)cc(C=NNC(=O)c3ccc(O)cc3)c2C)cc1. The van der Waals surface area contributed by atoms with Crippen LogP contribution in [-0.4, -0.2) is 34.4 Å². The van der Waals surface area contributed by atoms with Crippen LogP contribution >= 0.6 is 0 Å². The zero-order chi connectivity index (χ0) is 21.7. The highest BCUT2D eigenvalue weighted by Gasteiger charge is 2.12. The number of phenols is 1. The molecule has 30 heavy (non-hydrogen) atoms. The van der Waals surface area contributed by atoms with Crippen molar-refractivity contribution in [3.8, 4) is 11.4 Å². The van der Waals surface area contributed by atoms with Crippen LogP contribution in [0.4, 0.5) is 0 Å². The summed E-state index contributed by atoms with van der Waals surface area (Å²) in [6.45, 7) is 6.03. The van der Waals surface area contributed by atoms with E-state index in [9.17, 15) is 14.7 Å². The molecule has 3 rings (SSSR count). The second kappa shape index (κ2) is 9.09. The maximum absolute atomic E-state index is 12.1. The maximum Gasteiger partial charge on any atom is 0.338 e. The molecule has 7 heteroatoms. The maximum atomic E-state index is 12.1. The Kier molecular flexibility index (Phi) is 6.32. The lowest BCUT2D eigenvalue weighted by molar-refractivity contribution is 0.0526. The molecule has 0 bridgehead atoms. The van der Waals surface area contributed by atoms with Crippen LogP contribution in [0.15, 0.2) is 59.7 Å². The van der Waals surface area contributed by atoms with Gasteiger partial charge in [-0.2, -0.15) is 5.10 Å². The van der Waals surface area contributed by atoms with Gasteiger partial charge in [-0.1, -0.05) is 0 Å². The molecule has 0 radical (unpaired) electrons. The van der Waals surface area contributed by atoms with Crippen molar-refractivity contribution < 1.29 is 19.4 Å². The second-order valence-electron chi connectivity index (χ2n) is 6.68. The summed E-state index contributed by atoms with van der Waals surface area (Å²) in [5.41, 5.74) is 7.08. The van der Waals surface area contributed by atoms with Gasteiger partial charge in [0.25, 0.3) is 5.91 Å². The Morgan fingerprint density at radius 1 is 1.07 bits per heavy atom. The summed E-state index contributed by atoms with van der Waals surface area (Å²) >= 11 is 0. The van der Waals surface area contributed by atoms with Gasteiger partial charge in [0.15, 0.2) is 0 Å². The number of esters is 1. The van der Waals surface area contributed by atoms with Crippen molar-refractivity contribution in [3.05, 3.63) is 82.7 Å². The average molecular weight is 405 g/mol. The van der Waals surface area contributed by atoms with Gasteiger partial charge in [-0.05, 0) is 75.4 Å². The van der Waals surface area contributed by atoms with Crippen molar-refractivity contribution in [2.24, 2.45) is 5.10 Å². The number of hydrazone groups is 1. The first-order valence-corrected chi connectivity index (χ1v) is 9.49. The van der Waals surface area contributed by atoms with Crippen LogP contribution < -0.4 is 5.43 Å². The first-order chi connectivity index (χ1) is 14.4. The van der Waals surface area contributed by atoms with Crippen LogP contribution in [0.2, 0.25) is 0 Å². The van der Waals surface area contributed by atoms with E-state index in [1.54, 1.807) is 25.3 Å². The van der Waals surface area contributed by atoms with Crippen molar-refractivity contribution >= 4 is 18.1 Å². The number of carbonyl (C=O) groups is 2. The summed E-state index contributed by atoms with van der Waals surface area (Å²) in [6, 6.07) is 15.1. The molecule has 0 aliphatic rings. The highest BCUT2D eigenvalue weighted by atomic mass is 16.5. The van der Waals surface area contributed by atoms with Crippen LogP contribution in [-0.2, 0) is 4.74 Å². The molecule has 154 valence electrons. The Morgan fingerprint density at radius 2 is 1.70 bits per heavy atom. The van der Waals surface area contributed by atoms with E-state index in [2.05, 4.69) is 10.5 Å². The standard InChI is InChI=1S/C23H23N3O4/c1-4-30-23(29)18-5-9-20(10-6-18)26-15(2)13-19(16(26)3)14-24-25-22(28)17-7-11-21(27)12-8-17/h5-14,27H,4H2,1-3H3,(H,25,28). The van der Waals surface area contributed by atoms with Crippen LogP contribution in [0, 0.1) is 13.8 Å². The summed E-state index contributed by atoms with van der Waals surface area (Å²) in [7, 11) is 0. The lowest BCUT2D eigenvalue weighted by Crippen LogP contribution is -2.17. The number of ether oxygens (including phenoxy) is 1. The number of nitrogens with zero attached hydrogens (tertiary/aromatic N) is 2. The van der Waals surface area contributed by atoms with E-state index in [4.69, 9.17) is 4.74 Å². The third kappa shape index (κ3) is 4.57. The highest BCUT2D eigenvalue weighted by molar-refractivity contribution is 5.95. The lowest BCUT2D eigenvalue weighted by atomic mass is 10.2. The lowest BCUT2D eigenvalue weighted by Gasteiger charge is -2.10. The second-order valence-corrected chi connectivity index (χ2v) is 6.68. The molecule has 0 saturated carbocycles. The number of hydrogen-bond acceptors (Lipinski definition) is 5. The highest BCUT2D eigenvalue weighted by Crippen LogP contribution is 2.20. The largest absolute Gasteiger partial charge is 0.508 e. The zero-order valence-electron chi connectivity index (χ0n) is 17.0. The van der Waals surface area contributed by atoms with Gasteiger partial charge in [-0.25, -0.2) is 10.2 Å². The monoisotopic (exact) mass is 405 g/mol. The Balaban J connectivity index is 1.75. The molecule has 7 nitrogen and oxygen atoms in total. The number of amides is 1. The first kappa shape index (κ1) is 20.9. The molecule has 0 spiro atoms. The summed E-state index contributed by atoms with van der Waals surface area (Å²) in [5, 5.41) is 13.3. The number of nitrogens with one attached hydrogen (secondary N) is 1. The van der Waals surface area contributed by atoms with Gasteiger partial charge in [0.1, 0.15) is 5.75 Å². The molecule has 0 aliphatic carbocycles. The van der Waals surface area contributed by atoms with Crippen LogP contribution in [0.5, 0.6) is 5.75 Å². The molecular weight excluding hydrogens is 382 g/mol. The topological polar surface area (TPSA) is 92.9 Å². The number of benzene rings is 2. The van der Waals surface area contributed by atoms with Crippen molar-refractivity contribution in [1.29, 1.82) is 0 Å². The van der Waals surface area contributed by atoms with E-state index in [0.717, 1.165) is 22.6 Å². The summed E-state index contributed by atoms with van der Waals surface area (Å²) in [6.07, 6.45) is 1.59. The predicted molar refractivity (Wildman–Crippen MR) is 114 cm³/mol. The Bertz CT molecular complexity index is 1080. The van der Waals surface area contributed by atoms with Crippen molar-refractivity contribution in [1.82, 2.24) is 9.99 Å². The van der Waals surface area contributed by atoms with Gasteiger partial charge < -0.3 is 14.4 Å². The van der Waals surface area contributed by atoms with E-state index in [-0.39, 0.29) is 17.6 Å². The molecule has 0 saturated heterocycles. The van der Waals surface area contributed by atoms with Gasteiger partial charge in [0.2, 0.25) is 0 Å². The van der Waals surface area contributed by atoms with Crippen LogP contribution in [0.25, 0.3) is 5.69 Å². The van der Waals surface area contributed by atoms with E-state index < -0.39 is 0 Å². The van der Waals surface area contributed by atoms with Gasteiger partial charge in [-0.15, -0.1) is 0 Å². The van der Waals surface area contributed by atoms with Crippen molar-refractivity contribution in [2.75, 3.05) is 6.61 Å². The molecule has 1 aromatic heterocycles. The molecular formula is C23H23N3O4. The van der Waals surface area contributed by atoms with E-state index in [1.165, 1.54) is 24.3 Å². The van der Waals surface area contributed by atoms with Gasteiger partial charge >= 0.3 is 5.97 Å². The zero-order valence-corrected chi connectivity index (χ0v) is 17.0. The summed E-state index contributed by atoms with van der Waals surface area (Å²) < 4.78 is 7.06. The van der Waals surface area contributed by atoms with Gasteiger partial charge in [-0.3, -0.25) is 4.79 Å². The van der Waals surface area contributed by atoms with Gasteiger partial charge in [0.05, 0.1) is 18.4 Å². The molecule has 1 heterocycles. The number of carbonyl (C=O) groups excluding carboxylic acids is 2. The number of aromatic hydroxyl groups is 1. The Morgan fingerprint density at radius 3 is 2.33 bits per heavy atom. The minimum atomic E-state index is -0.366. The van der Waals surface area contributed by atoms with Gasteiger partial charge in [0, 0.05) is 28.2 Å². The van der Waals surface area contributed by atoms with E-state index >= 15 is 0 Å². The normalized spacial score (nSPS) is 10.9. The third-order valence-corrected chi connectivity index (χ3v) is 4.61. The Labute approximate surface area is 174 Å². The van der Waals surface area contributed by atoms with E-state index in [0.29, 0.717) is 17.7 Å². The smallest absolute Gasteiger partial charge is 0.338 e. The van der Waals surface area contributed by atoms with Crippen LogP contribution in [0.1, 0.15) is 44.6 Å². The molecule has 1 amide bonds. The Hall–Kier alpha value is -3.87. The number of aromatic nitrogens is 1.